The lowest BCUT2D eigenvalue weighted by molar-refractivity contribution is -0.0498. The number of fused-ring (bicyclic) bond motifs is 2. The summed E-state index contributed by atoms with van der Waals surface area (Å²) in [5, 5.41) is 0.710. The highest BCUT2D eigenvalue weighted by Crippen LogP contribution is 2.32. The van der Waals surface area contributed by atoms with Crippen molar-refractivity contribution in [1.29, 1.82) is 0 Å². The molecule has 0 aliphatic heterocycles. The van der Waals surface area contributed by atoms with Gasteiger partial charge in [-0.25, -0.2) is 4.79 Å². The first-order valence-electron chi connectivity index (χ1n) is 10.1. The Hall–Kier alpha value is -3.35. The molecular formula is C24H21F2NO4. The normalized spacial score (nSPS) is 15.5. The fourth-order valence-corrected chi connectivity index (χ4v) is 3.90. The standard InChI is InChI=1S/C24H21F2NO4/c1-14-6-11-20-18(12-14)22(17-4-2-3-5-19(17)27-20)23(29)30-13-21(28)15-7-9-16(10-8-15)31-24(25)26/h2-5,7-10,14,24H,6,11-13H2,1H3/t14-/m1/s1. The zero-order chi connectivity index (χ0) is 22.0. The molecule has 1 aliphatic carbocycles. The average Bonchev–Trinajstić information content (AvgIpc) is 2.75. The maximum absolute atomic E-state index is 13.0. The van der Waals surface area contributed by atoms with Crippen LogP contribution < -0.4 is 4.74 Å². The highest BCUT2D eigenvalue weighted by Gasteiger charge is 2.26. The Balaban J connectivity index is 1.55. The van der Waals surface area contributed by atoms with E-state index in [1.54, 1.807) is 0 Å². The van der Waals surface area contributed by atoms with Crippen LogP contribution in [0.1, 0.15) is 45.3 Å². The lowest BCUT2D eigenvalue weighted by atomic mass is 9.84. The van der Waals surface area contributed by atoms with Crippen molar-refractivity contribution in [1.82, 2.24) is 4.98 Å². The molecule has 0 saturated carbocycles. The molecule has 1 aromatic heterocycles. The van der Waals surface area contributed by atoms with Crippen LogP contribution in [-0.4, -0.2) is 30.0 Å². The van der Waals surface area contributed by atoms with Crippen molar-refractivity contribution in [3.05, 3.63) is 70.9 Å². The lowest BCUT2D eigenvalue weighted by Gasteiger charge is -2.24. The lowest BCUT2D eigenvalue weighted by Crippen LogP contribution is -2.21. The Bertz CT molecular complexity index is 1130. The molecule has 7 heteroatoms. The molecule has 0 fully saturated rings. The minimum absolute atomic E-state index is 0.0486. The Labute approximate surface area is 178 Å². The molecule has 0 N–H and O–H groups in total. The summed E-state index contributed by atoms with van der Waals surface area (Å²) in [5.74, 6) is -0.613. The largest absolute Gasteiger partial charge is 0.454 e. The van der Waals surface area contributed by atoms with Gasteiger partial charge in [0.25, 0.3) is 0 Å². The van der Waals surface area contributed by atoms with E-state index in [4.69, 9.17) is 9.72 Å². The number of para-hydroxylation sites is 1. The highest BCUT2D eigenvalue weighted by atomic mass is 19.3. The first-order chi connectivity index (χ1) is 14.9. The van der Waals surface area contributed by atoms with E-state index in [1.807, 2.05) is 24.3 Å². The van der Waals surface area contributed by atoms with Gasteiger partial charge in [-0.1, -0.05) is 25.1 Å². The van der Waals surface area contributed by atoms with Crippen molar-refractivity contribution in [3.63, 3.8) is 0 Å². The molecular weight excluding hydrogens is 404 g/mol. The van der Waals surface area contributed by atoms with E-state index in [9.17, 15) is 18.4 Å². The number of halogens is 2. The van der Waals surface area contributed by atoms with E-state index >= 15 is 0 Å². The number of nitrogens with zero attached hydrogens (tertiary/aromatic N) is 1. The molecule has 1 atom stereocenters. The highest BCUT2D eigenvalue weighted by molar-refractivity contribution is 6.06. The summed E-state index contributed by atoms with van der Waals surface area (Å²) in [7, 11) is 0. The van der Waals surface area contributed by atoms with Crippen molar-refractivity contribution in [2.45, 2.75) is 32.8 Å². The fourth-order valence-electron chi connectivity index (χ4n) is 3.90. The van der Waals surface area contributed by atoms with E-state index in [-0.39, 0.29) is 11.3 Å². The number of esters is 1. The van der Waals surface area contributed by atoms with E-state index in [0.29, 0.717) is 16.9 Å². The number of aryl methyl sites for hydroxylation is 1. The van der Waals surface area contributed by atoms with Crippen LogP contribution >= 0.6 is 0 Å². The third-order valence-corrected chi connectivity index (χ3v) is 5.45. The van der Waals surface area contributed by atoms with Gasteiger partial charge in [0.1, 0.15) is 5.75 Å². The first-order valence-corrected chi connectivity index (χ1v) is 10.1. The Morgan fingerprint density at radius 1 is 1.13 bits per heavy atom. The minimum Gasteiger partial charge on any atom is -0.454 e. The number of hydrogen-bond donors (Lipinski definition) is 0. The molecule has 2 aromatic carbocycles. The van der Waals surface area contributed by atoms with Crippen LogP contribution in [-0.2, 0) is 17.6 Å². The van der Waals surface area contributed by atoms with Gasteiger partial charge in [0, 0.05) is 16.6 Å². The number of carbonyl (C=O) groups excluding carboxylic acids is 2. The summed E-state index contributed by atoms with van der Waals surface area (Å²) in [6.07, 6.45) is 2.54. The maximum atomic E-state index is 13.0. The van der Waals surface area contributed by atoms with Gasteiger partial charge < -0.3 is 9.47 Å². The van der Waals surface area contributed by atoms with Gasteiger partial charge in [0.2, 0.25) is 0 Å². The Morgan fingerprint density at radius 3 is 2.61 bits per heavy atom. The van der Waals surface area contributed by atoms with Crippen molar-refractivity contribution in [2.75, 3.05) is 6.61 Å². The summed E-state index contributed by atoms with van der Waals surface area (Å²) < 4.78 is 34.2. The molecule has 3 aromatic rings. The molecule has 0 spiro atoms. The number of hydrogen-bond acceptors (Lipinski definition) is 5. The number of alkyl halides is 2. The SMILES string of the molecule is C[C@@H]1CCc2nc3ccccc3c(C(=O)OCC(=O)c3ccc(OC(F)F)cc3)c2C1. The van der Waals surface area contributed by atoms with Gasteiger partial charge >= 0.3 is 12.6 Å². The number of carbonyl (C=O) groups is 2. The second-order valence-corrected chi connectivity index (χ2v) is 7.68. The summed E-state index contributed by atoms with van der Waals surface area (Å²) in [4.78, 5) is 30.2. The number of aromatic nitrogens is 1. The number of Topliss-reactive ketones (excluding diaryl/α,β-unsaturated/α-hetero) is 1. The summed E-state index contributed by atoms with van der Waals surface area (Å²) >= 11 is 0. The number of ether oxygens (including phenoxy) is 2. The predicted molar refractivity (Wildman–Crippen MR) is 111 cm³/mol. The van der Waals surface area contributed by atoms with Crippen LogP contribution in [0.25, 0.3) is 10.9 Å². The zero-order valence-electron chi connectivity index (χ0n) is 16.9. The van der Waals surface area contributed by atoms with Gasteiger partial charge in [0.15, 0.2) is 12.4 Å². The van der Waals surface area contributed by atoms with E-state index in [2.05, 4.69) is 11.7 Å². The van der Waals surface area contributed by atoms with Gasteiger partial charge in [-0.3, -0.25) is 9.78 Å². The molecule has 1 aliphatic rings. The average molecular weight is 425 g/mol. The van der Waals surface area contributed by atoms with Crippen LogP contribution in [0.3, 0.4) is 0 Å². The first kappa shape index (κ1) is 20.9. The van der Waals surface area contributed by atoms with Crippen LogP contribution in [0.5, 0.6) is 5.75 Å². The molecule has 0 saturated heterocycles. The quantitative estimate of drug-likeness (QED) is 0.411. The van der Waals surface area contributed by atoms with E-state index in [1.165, 1.54) is 24.3 Å². The molecule has 31 heavy (non-hydrogen) atoms. The van der Waals surface area contributed by atoms with E-state index < -0.39 is 25.0 Å². The Kier molecular flexibility index (Phi) is 5.93. The predicted octanol–water partition coefficient (Wildman–Crippen LogP) is 5.00. The van der Waals surface area contributed by atoms with E-state index in [0.717, 1.165) is 36.0 Å². The van der Waals surface area contributed by atoms with Gasteiger partial charge in [-0.15, -0.1) is 0 Å². The summed E-state index contributed by atoms with van der Waals surface area (Å²) in [6.45, 7) is -1.25. The summed E-state index contributed by atoms with van der Waals surface area (Å²) in [5.41, 5.74) is 3.24. The second kappa shape index (κ2) is 8.79. The number of rotatable bonds is 6. The smallest absolute Gasteiger partial charge is 0.387 e. The maximum Gasteiger partial charge on any atom is 0.387 e. The monoisotopic (exact) mass is 425 g/mol. The number of pyridine rings is 1. The van der Waals surface area contributed by atoms with Crippen molar-refractivity contribution in [3.8, 4) is 5.75 Å². The third-order valence-electron chi connectivity index (χ3n) is 5.45. The fraction of sp³-hybridized carbons (Fsp3) is 0.292. The van der Waals surface area contributed by atoms with Crippen LogP contribution in [0.4, 0.5) is 8.78 Å². The van der Waals surface area contributed by atoms with Gasteiger partial charge in [-0.05, 0) is 61.1 Å². The molecule has 5 nitrogen and oxygen atoms in total. The molecule has 1 heterocycles. The molecule has 0 bridgehead atoms. The van der Waals surface area contributed by atoms with Crippen molar-refractivity contribution >= 4 is 22.7 Å². The van der Waals surface area contributed by atoms with Crippen LogP contribution in [0.15, 0.2) is 48.5 Å². The molecule has 0 unspecified atom stereocenters. The zero-order valence-corrected chi connectivity index (χ0v) is 16.9. The molecule has 0 radical (unpaired) electrons. The van der Waals surface area contributed by atoms with Crippen LogP contribution in [0.2, 0.25) is 0 Å². The molecule has 0 amide bonds. The van der Waals surface area contributed by atoms with Gasteiger partial charge in [0.05, 0.1) is 11.1 Å². The third kappa shape index (κ3) is 4.55. The van der Waals surface area contributed by atoms with Crippen molar-refractivity contribution < 1.29 is 27.8 Å². The second-order valence-electron chi connectivity index (χ2n) is 7.68. The van der Waals surface area contributed by atoms with Crippen LogP contribution in [0, 0.1) is 5.92 Å². The number of ketones is 1. The van der Waals surface area contributed by atoms with Crippen molar-refractivity contribution in [2.24, 2.45) is 5.92 Å². The molecule has 4 rings (SSSR count). The molecule has 160 valence electrons. The number of benzene rings is 2. The Morgan fingerprint density at radius 2 is 1.87 bits per heavy atom. The topological polar surface area (TPSA) is 65.5 Å². The summed E-state index contributed by atoms with van der Waals surface area (Å²) in [6, 6.07) is 12.7. The van der Waals surface area contributed by atoms with Gasteiger partial charge in [-0.2, -0.15) is 8.78 Å². The minimum atomic E-state index is -2.94.